The molecule has 8 nitrogen and oxygen atoms in total. The van der Waals surface area contributed by atoms with Crippen molar-refractivity contribution >= 4 is 33.8 Å². The van der Waals surface area contributed by atoms with Gasteiger partial charge in [0.15, 0.2) is 0 Å². The predicted molar refractivity (Wildman–Crippen MR) is 133 cm³/mol. The molecule has 0 atom stereocenters. The number of aryl methyl sites for hydroxylation is 1. The maximum Gasteiger partial charge on any atom is 0.333 e. The first-order chi connectivity index (χ1) is 15.7. The first kappa shape index (κ1) is 22.4. The van der Waals surface area contributed by atoms with Crippen molar-refractivity contribution in [3.05, 3.63) is 64.6 Å². The van der Waals surface area contributed by atoms with E-state index in [1.165, 1.54) is 0 Å². The Kier molecular flexibility index (Phi) is 5.63. The second-order valence-corrected chi connectivity index (χ2v) is 8.53. The Morgan fingerprint density at radius 2 is 1.94 bits per heavy atom. The van der Waals surface area contributed by atoms with Gasteiger partial charge in [-0.3, -0.25) is 24.1 Å². The molecular weight excluding hydrogens is 416 g/mol. The molecule has 3 aromatic heterocycles. The first-order valence-corrected chi connectivity index (χ1v) is 10.6. The van der Waals surface area contributed by atoms with E-state index in [2.05, 4.69) is 21.0 Å². The van der Waals surface area contributed by atoms with Crippen LogP contribution in [0.25, 0.3) is 38.8 Å². The minimum Gasteiger partial charge on any atom is -0.401 e. The largest absolute Gasteiger partial charge is 0.401 e. The highest BCUT2D eigenvalue weighted by atomic mass is 16.5. The molecule has 1 aromatic carbocycles. The van der Waals surface area contributed by atoms with Crippen LogP contribution in [-0.2, 0) is 17.4 Å². The Morgan fingerprint density at radius 1 is 1.18 bits per heavy atom. The van der Waals surface area contributed by atoms with Crippen LogP contribution in [-0.4, -0.2) is 39.5 Å². The van der Waals surface area contributed by atoms with Crippen molar-refractivity contribution in [2.24, 2.45) is 17.8 Å². The number of allylic oxidation sites excluding steroid dienone is 2. The van der Waals surface area contributed by atoms with Gasteiger partial charge < -0.3 is 10.5 Å². The zero-order valence-electron chi connectivity index (χ0n) is 19.7. The van der Waals surface area contributed by atoms with Gasteiger partial charge in [0.2, 0.25) is 0 Å². The average molecular weight is 445 g/mol. The van der Waals surface area contributed by atoms with Gasteiger partial charge in [0, 0.05) is 62.0 Å². The van der Waals surface area contributed by atoms with E-state index in [0.717, 1.165) is 33.1 Å². The molecule has 2 N–H and O–H groups in total. The summed E-state index contributed by atoms with van der Waals surface area (Å²) >= 11 is 0. The van der Waals surface area contributed by atoms with E-state index in [1.807, 2.05) is 44.4 Å². The fraction of sp³-hybridized carbons (Fsp3) is 0.280. The maximum atomic E-state index is 13.2. The zero-order valence-corrected chi connectivity index (χ0v) is 19.7. The van der Waals surface area contributed by atoms with E-state index in [4.69, 9.17) is 10.5 Å². The van der Waals surface area contributed by atoms with Crippen molar-refractivity contribution in [3.8, 4) is 11.1 Å². The normalized spacial score (nSPS) is 13.3. The Hall–Kier alpha value is -3.78. The highest BCUT2D eigenvalue weighted by Gasteiger charge is 2.21. The SMILES string of the molecule is CN=CC(=C(C)N)n1c(=O)n(C)c2cnc3ccc(-c4cncc(C(C)(C)OC)c4)cc3c21. The molecule has 4 aromatic rings. The molecule has 170 valence electrons. The summed E-state index contributed by atoms with van der Waals surface area (Å²) in [5.41, 5.74) is 11.6. The van der Waals surface area contributed by atoms with Gasteiger partial charge in [-0.05, 0) is 44.5 Å². The first-order valence-electron chi connectivity index (χ1n) is 10.6. The quantitative estimate of drug-likeness (QED) is 0.473. The molecule has 4 rings (SSSR count). The molecule has 8 heteroatoms. The third-order valence-electron chi connectivity index (χ3n) is 6.06. The second kappa shape index (κ2) is 8.29. The maximum absolute atomic E-state index is 13.2. The van der Waals surface area contributed by atoms with E-state index in [9.17, 15) is 4.79 Å². The van der Waals surface area contributed by atoms with Gasteiger partial charge in [0.05, 0.1) is 34.0 Å². The number of pyridine rings is 2. The van der Waals surface area contributed by atoms with Crippen LogP contribution in [0.5, 0.6) is 0 Å². The fourth-order valence-electron chi connectivity index (χ4n) is 3.90. The number of aromatic nitrogens is 4. The molecule has 0 saturated carbocycles. The Bertz CT molecular complexity index is 1490. The molecule has 0 unspecified atom stereocenters. The molecule has 3 heterocycles. The lowest BCUT2D eigenvalue weighted by Crippen LogP contribution is -2.23. The third-order valence-corrected chi connectivity index (χ3v) is 6.06. The van der Waals surface area contributed by atoms with Gasteiger partial charge in [-0.25, -0.2) is 4.79 Å². The monoisotopic (exact) mass is 444 g/mol. The fourth-order valence-corrected chi connectivity index (χ4v) is 3.90. The molecule has 0 amide bonds. The lowest BCUT2D eigenvalue weighted by molar-refractivity contribution is 0.0190. The molecule has 0 spiro atoms. The summed E-state index contributed by atoms with van der Waals surface area (Å²) in [7, 11) is 5.06. The molecule has 0 aliphatic rings. The number of hydrogen-bond acceptors (Lipinski definition) is 6. The minimum absolute atomic E-state index is 0.213. The summed E-state index contributed by atoms with van der Waals surface area (Å²) in [6.45, 7) is 5.76. The van der Waals surface area contributed by atoms with Crippen LogP contribution in [0.15, 0.2) is 58.3 Å². The molecule has 0 bridgehead atoms. The summed E-state index contributed by atoms with van der Waals surface area (Å²) in [6.07, 6.45) is 6.95. The average Bonchev–Trinajstić information content (AvgIpc) is 3.07. The molecule has 0 aliphatic heterocycles. The van der Waals surface area contributed by atoms with Gasteiger partial charge in [0.25, 0.3) is 0 Å². The summed E-state index contributed by atoms with van der Waals surface area (Å²) in [4.78, 5) is 26.4. The van der Waals surface area contributed by atoms with Gasteiger partial charge in [-0.15, -0.1) is 0 Å². The number of aliphatic imine (C=N–C) groups is 1. The van der Waals surface area contributed by atoms with Crippen molar-refractivity contribution in [1.29, 1.82) is 0 Å². The molecule has 0 saturated heterocycles. The summed E-state index contributed by atoms with van der Waals surface area (Å²) < 4.78 is 8.80. The van der Waals surface area contributed by atoms with Crippen LogP contribution in [0.1, 0.15) is 26.3 Å². The van der Waals surface area contributed by atoms with Crippen LogP contribution in [0, 0.1) is 0 Å². The van der Waals surface area contributed by atoms with Crippen LogP contribution >= 0.6 is 0 Å². The topological polar surface area (TPSA) is 100 Å². The number of nitrogens with zero attached hydrogens (tertiary/aromatic N) is 5. The van der Waals surface area contributed by atoms with Crippen LogP contribution in [0.2, 0.25) is 0 Å². The van der Waals surface area contributed by atoms with Crippen molar-refractivity contribution in [3.63, 3.8) is 0 Å². The zero-order chi connectivity index (χ0) is 23.9. The number of hydrogen-bond donors (Lipinski definition) is 1. The van der Waals surface area contributed by atoms with E-state index >= 15 is 0 Å². The number of rotatable bonds is 5. The van der Waals surface area contributed by atoms with Gasteiger partial charge in [-0.1, -0.05) is 6.07 Å². The predicted octanol–water partition coefficient (Wildman–Crippen LogP) is 3.68. The Morgan fingerprint density at radius 3 is 2.61 bits per heavy atom. The van der Waals surface area contributed by atoms with Crippen LogP contribution in [0.4, 0.5) is 0 Å². The number of methoxy groups -OCH3 is 1. The van der Waals surface area contributed by atoms with Crippen LogP contribution < -0.4 is 11.4 Å². The molecule has 0 aliphatic carbocycles. The number of nitrogens with two attached hydrogens (primary N) is 1. The standard InChI is InChI=1S/C25H28N6O2/c1-15(26)21(13-27-4)31-23-19-10-16(17-9-18(12-28-11-17)25(2,3)33-6)7-8-20(19)29-14-22(23)30(5)24(31)32/h7-14H,26H2,1-6H3. The van der Waals surface area contributed by atoms with Crippen molar-refractivity contribution < 1.29 is 4.74 Å². The lowest BCUT2D eigenvalue weighted by Gasteiger charge is -2.23. The summed E-state index contributed by atoms with van der Waals surface area (Å²) in [6, 6.07) is 8.06. The van der Waals surface area contributed by atoms with Gasteiger partial charge >= 0.3 is 5.69 Å². The number of fused-ring (bicyclic) bond motifs is 3. The number of benzene rings is 1. The number of ether oxygens (including phenoxy) is 1. The summed E-state index contributed by atoms with van der Waals surface area (Å²) in [5.74, 6) is 0. The Labute approximate surface area is 192 Å². The van der Waals surface area contributed by atoms with Crippen molar-refractivity contribution in [2.75, 3.05) is 14.2 Å². The van der Waals surface area contributed by atoms with E-state index in [1.54, 1.807) is 49.7 Å². The van der Waals surface area contributed by atoms with E-state index in [0.29, 0.717) is 16.9 Å². The molecule has 33 heavy (non-hydrogen) atoms. The molecule has 0 radical (unpaired) electrons. The highest BCUT2D eigenvalue weighted by molar-refractivity contribution is 6.11. The lowest BCUT2D eigenvalue weighted by atomic mass is 9.96. The van der Waals surface area contributed by atoms with Gasteiger partial charge in [-0.2, -0.15) is 0 Å². The highest BCUT2D eigenvalue weighted by Crippen LogP contribution is 2.31. The third kappa shape index (κ3) is 3.72. The molecule has 0 fully saturated rings. The van der Waals surface area contributed by atoms with E-state index < -0.39 is 5.60 Å². The van der Waals surface area contributed by atoms with Crippen LogP contribution in [0.3, 0.4) is 0 Å². The minimum atomic E-state index is -0.466. The second-order valence-electron chi connectivity index (χ2n) is 8.53. The smallest absolute Gasteiger partial charge is 0.333 e. The molecular formula is C25H28N6O2. The van der Waals surface area contributed by atoms with E-state index in [-0.39, 0.29) is 5.69 Å². The van der Waals surface area contributed by atoms with Gasteiger partial charge in [0.1, 0.15) is 0 Å². The summed E-state index contributed by atoms with van der Waals surface area (Å²) in [5, 5.41) is 0.836. The van der Waals surface area contributed by atoms with Crippen molar-refractivity contribution in [2.45, 2.75) is 26.4 Å². The number of imidazole rings is 1. The van der Waals surface area contributed by atoms with Crippen molar-refractivity contribution in [1.82, 2.24) is 19.1 Å². The Balaban J connectivity index is 2.05.